The molecule has 0 spiro atoms. The van der Waals surface area contributed by atoms with Crippen molar-refractivity contribution >= 4 is 5.97 Å². The molecule has 1 N–H and O–H groups in total. The summed E-state index contributed by atoms with van der Waals surface area (Å²) >= 11 is 0. The van der Waals surface area contributed by atoms with Crippen LogP contribution in [0.2, 0.25) is 0 Å². The number of carboxylic acids is 1. The summed E-state index contributed by atoms with van der Waals surface area (Å²) in [6.45, 7) is 2.63. The van der Waals surface area contributed by atoms with Crippen molar-refractivity contribution in [2.24, 2.45) is 5.92 Å². The number of piperidine rings is 1. The average molecular weight is 263 g/mol. The summed E-state index contributed by atoms with van der Waals surface area (Å²) in [6, 6.07) is 8.06. The van der Waals surface area contributed by atoms with Gasteiger partial charge in [0.1, 0.15) is 5.75 Å². The molecule has 0 bridgehead atoms. The monoisotopic (exact) mass is 263 g/mol. The second-order valence-electron chi connectivity index (χ2n) is 5.08. The van der Waals surface area contributed by atoms with E-state index in [2.05, 4.69) is 17.0 Å². The number of methoxy groups -OCH3 is 1. The molecule has 19 heavy (non-hydrogen) atoms. The zero-order valence-corrected chi connectivity index (χ0v) is 11.3. The van der Waals surface area contributed by atoms with E-state index in [9.17, 15) is 4.79 Å². The molecule has 1 heterocycles. The van der Waals surface area contributed by atoms with E-state index in [0.717, 1.165) is 38.1 Å². The fourth-order valence-corrected chi connectivity index (χ4v) is 2.54. The first-order chi connectivity index (χ1) is 9.19. The van der Waals surface area contributed by atoms with E-state index in [1.54, 1.807) is 7.11 Å². The highest BCUT2D eigenvalue weighted by atomic mass is 16.5. The highest BCUT2D eigenvalue weighted by Gasteiger charge is 2.24. The molecule has 0 aromatic heterocycles. The van der Waals surface area contributed by atoms with E-state index in [4.69, 9.17) is 9.84 Å². The lowest BCUT2D eigenvalue weighted by molar-refractivity contribution is -0.143. The van der Waals surface area contributed by atoms with Gasteiger partial charge in [0.25, 0.3) is 0 Å². The molecular weight excluding hydrogens is 242 g/mol. The van der Waals surface area contributed by atoms with Crippen LogP contribution in [0.1, 0.15) is 18.4 Å². The summed E-state index contributed by atoms with van der Waals surface area (Å²) in [5, 5.41) is 9.06. The standard InChI is InChI=1S/C15H21NO3/c1-19-14-6-4-12(5-7-14)8-10-16-9-2-3-13(11-16)15(17)18/h4-7,13H,2-3,8-11H2,1H3,(H,17,18)/t13-/m1/s1. The maximum absolute atomic E-state index is 11.0. The van der Waals surface area contributed by atoms with E-state index in [-0.39, 0.29) is 5.92 Å². The van der Waals surface area contributed by atoms with Crippen molar-refractivity contribution in [3.05, 3.63) is 29.8 Å². The maximum atomic E-state index is 11.0. The molecule has 0 aliphatic carbocycles. The SMILES string of the molecule is COc1ccc(CCN2CCC[C@@H](C(=O)O)C2)cc1. The molecule has 1 aliphatic rings. The molecule has 4 heteroatoms. The lowest BCUT2D eigenvalue weighted by Crippen LogP contribution is -2.39. The molecule has 4 nitrogen and oxygen atoms in total. The van der Waals surface area contributed by atoms with Crippen molar-refractivity contribution in [2.75, 3.05) is 26.7 Å². The number of carbonyl (C=O) groups is 1. The number of likely N-dealkylation sites (tertiary alicyclic amines) is 1. The molecule has 1 aromatic rings. The van der Waals surface area contributed by atoms with Gasteiger partial charge in [0.05, 0.1) is 13.0 Å². The van der Waals surface area contributed by atoms with Crippen molar-refractivity contribution < 1.29 is 14.6 Å². The topological polar surface area (TPSA) is 49.8 Å². The highest BCUT2D eigenvalue weighted by molar-refractivity contribution is 5.70. The van der Waals surface area contributed by atoms with E-state index in [1.165, 1.54) is 5.56 Å². The first-order valence-electron chi connectivity index (χ1n) is 6.77. The number of carboxylic acid groups (broad SMARTS) is 1. The van der Waals surface area contributed by atoms with Gasteiger partial charge < -0.3 is 14.7 Å². The van der Waals surface area contributed by atoms with Crippen LogP contribution in [0.3, 0.4) is 0 Å². The van der Waals surface area contributed by atoms with Crippen LogP contribution >= 0.6 is 0 Å². The van der Waals surface area contributed by atoms with Crippen LogP contribution in [-0.4, -0.2) is 42.7 Å². The van der Waals surface area contributed by atoms with Crippen LogP contribution in [0.25, 0.3) is 0 Å². The van der Waals surface area contributed by atoms with Crippen molar-refractivity contribution in [3.8, 4) is 5.75 Å². The largest absolute Gasteiger partial charge is 0.497 e. The van der Waals surface area contributed by atoms with Crippen LogP contribution < -0.4 is 4.74 Å². The predicted octanol–water partition coefficient (Wildman–Crippen LogP) is 2.03. The number of hydrogen-bond donors (Lipinski definition) is 1. The first-order valence-corrected chi connectivity index (χ1v) is 6.77. The molecule has 1 atom stereocenters. The van der Waals surface area contributed by atoms with Crippen molar-refractivity contribution in [2.45, 2.75) is 19.3 Å². The van der Waals surface area contributed by atoms with Gasteiger partial charge in [-0.15, -0.1) is 0 Å². The van der Waals surface area contributed by atoms with E-state index < -0.39 is 5.97 Å². The Morgan fingerprint density at radius 2 is 2.16 bits per heavy atom. The lowest BCUT2D eigenvalue weighted by atomic mass is 9.98. The van der Waals surface area contributed by atoms with Crippen molar-refractivity contribution in [1.82, 2.24) is 4.90 Å². The second-order valence-corrected chi connectivity index (χ2v) is 5.08. The molecule has 2 rings (SSSR count). The van der Waals surface area contributed by atoms with Crippen LogP contribution in [0.4, 0.5) is 0 Å². The molecule has 0 saturated carbocycles. The van der Waals surface area contributed by atoms with Gasteiger partial charge in [-0.25, -0.2) is 0 Å². The van der Waals surface area contributed by atoms with E-state index >= 15 is 0 Å². The van der Waals surface area contributed by atoms with E-state index in [0.29, 0.717) is 6.54 Å². The summed E-state index contributed by atoms with van der Waals surface area (Å²) in [5.41, 5.74) is 1.26. The summed E-state index contributed by atoms with van der Waals surface area (Å²) in [6.07, 6.45) is 2.75. The smallest absolute Gasteiger partial charge is 0.307 e. The highest BCUT2D eigenvalue weighted by Crippen LogP contribution is 2.17. The Kier molecular flexibility index (Phi) is 4.80. The number of benzene rings is 1. The molecule has 1 aromatic carbocycles. The molecule has 1 fully saturated rings. The average Bonchev–Trinajstić information content (AvgIpc) is 2.46. The molecule has 1 saturated heterocycles. The Labute approximate surface area is 114 Å². The van der Waals surface area contributed by atoms with Gasteiger partial charge in [-0.05, 0) is 43.5 Å². The first kappa shape index (κ1) is 13.9. The van der Waals surface area contributed by atoms with Gasteiger partial charge in [-0.1, -0.05) is 12.1 Å². The van der Waals surface area contributed by atoms with Crippen molar-refractivity contribution in [1.29, 1.82) is 0 Å². The number of nitrogens with zero attached hydrogens (tertiary/aromatic N) is 1. The van der Waals surface area contributed by atoms with Gasteiger partial charge in [0.15, 0.2) is 0 Å². The van der Waals surface area contributed by atoms with Gasteiger partial charge in [0, 0.05) is 13.1 Å². The second kappa shape index (κ2) is 6.57. The third kappa shape index (κ3) is 3.96. The molecule has 0 radical (unpaired) electrons. The Balaban J connectivity index is 1.82. The Hall–Kier alpha value is -1.55. The summed E-state index contributed by atoms with van der Waals surface area (Å²) in [4.78, 5) is 13.3. The normalized spacial score (nSPS) is 20.2. The summed E-state index contributed by atoms with van der Waals surface area (Å²) < 4.78 is 5.13. The maximum Gasteiger partial charge on any atom is 0.307 e. The number of ether oxygens (including phenoxy) is 1. The minimum atomic E-state index is -0.658. The molecule has 0 unspecified atom stereocenters. The molecule has 1 aliphatic heterocycles. The van der Waals surface area contributed by atoms with Gasteiger partial charge in [-0.2, -0.15) is 0 Å². The van der Waals surface area contributed by atoms with Crippen LogP contribution in [0, 0.1) is 5.92 Å². The Morgan fingerprint density at radius 3 is 2.79 bits per heavy atom. The molecule has 104 valence electrons. The van der Waals surface area contributed by atoms with Crippen LogP contribution in [0.5, 0.6) is 5.75 Å². The van der Waals surface area contributed by atoms with Crippen LogP contribution in [-0.2, 0) is 11.2 Å². The third-order valence-corrected chi connectivity index (χ3v) is 3.73. The number of aliphatic carboxylic acids is 1. The zero-order chi connectivity index (χ0) is 13.7. The van der Waals surface area contributed by atoms with Gasteiger partial charge >= 0.3 is 5.97 Å². The fourth-order valence-electron chi connectivity index (χ4n) is 2.54. The predicted molar refractivity (Wildman–Crippen MR) is 73.5 cm³/mol. The van der Waals surface area contributed by atoms with Gasteiger partial charge in [0.2, 0.25) is 0 Å². The third-order valence-electron chi connectivity index (χ3n) is 3.73. The summed E-state index contributed by atoms with van der Waals surface area (Å²) in [5.74, 6) is 0.0198. The minimum absolute atomic E-state index is 0.190. The van der Waals surface area contributed by atoms with Crippen LogP contribution in [0.15, 0.2) is 24.3 Å². The van der Waals surface area contributed by atoms with E-state index in [1.807, 2.05) is 12.1 Å². The Bertz CT molecular complexity index is 416. The van der Waals surface area contributed by atoms with Gasteiger partial charge in [-0.3, -0.25) is 4.79 Å². The quantitative estimate of drug-likeness (QED) is 0.883. The zero-order valence-electron chi connectivity index (χ0n) is 11.3. The molecular formula is C15H21NO3. The Morgan fingerprint density at radius 1 is 1.42 bits per heavy atom. The fraction of sp³-hybridized carbons (Fsp3) is 0.533. The number of hydrogen-bond acceptors (Lipinski definition) is 3. The number of rotatable bonds is 5. The summed E-state index contributed by atoms with van der Waals surface area (Å²) in [7, 11) is 1.66. The minimum Gasteiger partial charge on any atom is -0.497 e. The lowest BCUT2D eigenvalue weighted by Gasteiger charge is -2.30. The molecule has 0 amide bonds. The van der Waals surface area contributed by atoms with Crippen molar-refractivity contribution in [3.63, 3.8) is 0 Å².